The molecule has 3 heterocycles. The summed E-state index contributed by atoms with van der Waals surface area (Å²) in [5.41, 5.74) is 0. The minimum Gasteiger partial charge on any atom is -0.377 e. The standard InChI is InChI=1S/C16H21N5O4/c22-14(21-7-8-23-9-12(21)16-17-10-24-19-16)6-5-13-18-15(20-25-13)11-3-1-2-4-11/h10-12H,1-9H2. The van der Waals surface area contributed by atoms with Crippen LogP contribution in [-0.2, 0) is 16.0 Å². The molecule has 0 N–H and O–H groups in total. The van der Waals surface area contributed by atoms with Crippen LogP contribution in [0, 0.1) is 0 Å². The molecule has 0 radical (unpaired) electrons. The highest BCUT2D eigenvalue weighted by atomic mass is 16.5. The predicted molar refractivity (Wildman–Crippen MR) is 83.4 cm³/mol. The molecular formula is C16H21N5O4. The van der Waals surface area contributed by atoms with Crippen molar-refractivity contribution in [2.75, 3.05) is 19.8 Å². The lowest BCUT2D eigenvalue weighted by Crippen LogP contribution is -2.43. The maximum Gasteiger partial charge on any atom is 0.227 e. The molecule has 9 heteroatoms. The largest absolute Gasteiger partial charge is 0.377 e. The molecule has 134 valence electrons. The first kappa shape index (κ1) is 16.2. The third-order valence-electron chi connectivity index (χ3n) is 4.88. The van der Waals surface area contributed by atoms with E-state index in [1.807, 2.05) is 0 Å². The summed E-state index contributed by atoms with van der Waals surface area (Å²) in [6.45, 7) is 1.39. The zero-order valence-electron chi connectivity index (χ0n) is 14.0. The summed E-state index contributed by atoms with van der Waals surface area (Å²) in [4.78, 5) is 22.9. The van der Waals surface area contributed by atoms with Crippen molar-refractivity contribution >= 4 is 5.91 Å². The molecule has 1 saturated carbocycles. The van der Waals surface area contributed by atoms with E-state index in [2.05, 4.69) is 20.3 Å². The van der Waals surface area contributed by atoms with Crippen molar-refractivity contribution in [1.29, 1.82) is 0 Å². The summed E-state index contributed by atoms with van der Waals surface area (Å²) in [5.74, 6) is 2.19. The molecule has 1 atom stereocenters. The number of hydrogen-bond donors (Lipinski definition) is 0. The van der Waals surface area contributed by atoms with E-state index in [1.54, 1.807) is 4.90 Å². The molecule has 1 aliphatic heterocycles. The van der Waals surface area contributed by atoms with Gasteiger partial charge in [-0.3, -0.25) is 4.79 Å². The zero-order valence-corrected chi connectivity index (χ0v) is 14.0. The van der Waals surface area contributed by atoms with Gasteiger partial charge in [-0.1, -0.05) is 23.2 Å². The average Bonchev–Trinajstić information content (AvgIpc) is 3.41. The fraction of sp³-hybridized carbons (Fsp3) is 0.688. The summed E-state index contributed by atoms with van der Waals surface area (Å²) >= 11 is 0. The van der Waals surface area contributed by atoms with Gasteiger partial charge in [-0.2, -0.15) is 9.97 Å². The minimum absolute atomic E-state index is 0.00119. The van der Waals surface area contributed by atoms with Gasteiger partial charge in [-0.05, 0) is 12.8 Å². The number of carbonyl (C=O) groups excluding carboxylic acids is 1. The average molecular weight is 347 g/mol. The summed E-state index contributed by atoms with van der Waals surface area (Å²) in [6, 6.07) is -0.309. The van der Waals surface area contributed by atoms with Crippen LogP contribution >= 0.6 is 0 Å². The Bertz CT molecular complexity index is 695. The molecule has 0 bridgehead atoms. The molecule has 2 aliphatic rings. The van der Waals surface area contributed by atoms with Crippen molar-refractivity contribution in [3.05, 3.63) is 23.9 Å². The number of aryl methyl sites for hydroxylation is 1. The number of carbonyl (C=O) groups is 1. The maximum absolute atomic E-state index is 12.6. The minimum atomic E-state index is -0.309. The molecule has 2 fully saturated rings. The fourth-order valence-electron chi connectivity index (χ4n) is 3.52. The van der Waals surface area contributed by atoms with Crippen LogP contribution < -0.4 is 0 Å². The second kappa shape index (κ2) is 7.30. The number of hydrogen-bond acceptors (Lipinski definition) is 8. The van der Waals surface area contributed by atoms with Crippen LogP contribution in [-0.4, -0.2) is 50.8 Å². The first-order chi connectivity index (χ1) is 12.3. The lowest BCUT2D eigenvalue weighted by Gasteiger charge is -2.33. The summed E-state index contributed by atoms with van der Waals surface area (Å²) in [5, 5.41) is 7.92. The Kier molecular flexibility index (Phi) is 4.73. The fourth-order valence-corrected chi connectivity index (χ4v) is 3.52. The van der Waals surface area contributed by atoms with Gasteiger partial charge in [-0.25, -0.2) is 0 Å². The highest BCUT2D eigenvalue weighted by Crippen LogP contribution is 2.32. The van der Waals surface area contributed by atoms with Gasteiger partial charge in [0.2, 0.25) is 18.2 Å². The van der Waals surface area contributed by atoms with Crippen molar-refractivity contribution < 1.29 is 18.6 Å². The van der Waals surface area contributed by atoms with Gasteiger partial charge in [0.25, 0.3) is 0 Å². The van der Waals surface area contributed by atoms with Crippen molar-refractivity contribution in [3.8, 4) is 0 Å². The van der Waals surface area contributed by atoms with Crippen LogP contribution in [0.1, 0.15) is 61.6 Å². The molecule has 4 rings (SSSR count). The van der Waals surface area contributed by atoms with E-state index >= 15 is 0 Å². The van der Waals surface area contributed by atoms with Crippen LogP contribution in [0.3, 0.4) is 0 Å². The van der Waals surface area contributed by atoms with E-state index in [-0.39, 0.29) is 11.9 Å². The third-order valence-corrected chi connectivity index (χ3v) is 4.88. The Morgan fingerprint density at radius 1 is 1.24 bits per heavy atom. The number of nitrogens with zero attached hydrogens (tertiary/aromatic N) is 5. The Balaban J connectivity index is 1.36. The predicted octanol–water partition coefficient (Wildman–Crippen LogP) is 1.64. The van der Waals surface area contributed by atoms with Gasteiger partial charge in [0, 0.05) is 25.3 Å². The summed E-state index contributed by atoms with van der Waals surface area (Å²) in [6.07, 6.45) is 6.70. The zero-order chi connectivity index (χ0) is 17.1. The number of rotatable bonds is 5. The lowest BCUT2D eigenvalue weighted by molar-refractivity contribution is -0.140. The smallest absolute Gasteiger partial charge is 0.227 e. The van der Waals surface area contributed by atoms with Crippen LogP contribution in [0.4, 0.5) is 0 Å². The topological polar surface area (TPSA) is 107 Å². The van der Waals surface area contributed by atoms with Crippen LogP contribution in [0.2, 0.25) is 0 Å². The molecule has 9 nitrogen and oxygen atoms in total. The SMILES string of the molecule is O=C(CCc1nc(C2CCCC2)no1)N1CCOCC1c1ncon1. The molecule has 25 heavy (non-hydrogen) atoms. The molecule has 1 amide bonds. The van der Waals surface area contributed by atoms with Gasteiger partial charge in [0.05, 0.1) is 13.2 Å². The molecule has 2 aromatic heterocycles. The van der Waals surface area contributed by atoms with Crippen molar-refractivity contribution in [3.63, 3.8) is 0 Å². The van der Waals surface area contributed by atoms with Crippen molar-refractivity contribution in [2.45, 2.75) is 50.5 Å². The van der Waals surface area contributed by atoms with E-state index < -0.39 is 0 Å². The first-order valence-corrected chi connectivity index (χ1v) is 8.77. The van der Waals surface area contributed by atoms with Crippen LogP contribution in [0.15, 0.2) is 15.4 Å². The van der Waals surface area contributed by atoms with Gasteiger partial charge >= 0.3 is 0 Å². The number of morpholine rings is 1. The lowest BCUT2D eigenvalue weighted by atomic mass is 10.1. The van der Waals surface area contributed by atoms with Crippen molar-refractivity contribution in [1.82, 2.24) is 25.2 Å². The summed E-state index contributed by atoms with van der Waals surface area (Å²) in [7, 11) is 0. The maximum atomic E-state index is 12.6. The Morgan fingerprint density at radius 3 is 2.92 bits per heavy atom. The van der Waals surface area contributed by atoms with E-state index in [1.165, 1.54) is 19.2 Å². The molecule has 0 spiro atoms. The van der Waals surface area contributed by atoms with Gasteiger partial charge in [-0.15, -0.1) is 0 Å². The van der Waals surface area contributed by atoms with Gasteiger partial charge in [0.15, 0.2) is 11.6 Å². The van der Waals surface area contributed by atoms with E-state index in [0.717, 1.165) is 18.7 Å². The Hall–Kier alpha value is -2.29. The third kappa shape index (κ3) is 3.55. The van der Waals surface area contributed by atoms with E-state index in [0.29, 0.717) is 50.2 Å². The van der Waals surface area contributed by atoms with Gasteiger partial charge < -0.3 is 18.7 Å². The second-order valence-corrected chi connectivity index (χ2v) is 6.49. The number of ether oxygens (including phenoxy) is 1. The highest BCUT2D eigenvalue weighted by molar-refractivity contribution is 5.76. The Labute approximate surface area is 144 Å². The monoisotopic (exact) mass is 347 g/mol. The quantitative estimate of drug-likeness (QED) is 0.803. The van der Waals surface area contributed by atoms with Crippen molar-refractivity contribution in [2.24, 2.45) is 0 Å². The molecule has 1 unspecified atom stereocenters. The number of amides is 1. The molecule has 2 aromatic rings. The molecule has 1 saturated heterocycles. The van der Waals surface area contributed by atoms with Gasteiger partial charge in [0.1, 0.15) is 6.04 Å². The van der Waals surface area contributed by atoms with E-state index in [9.17, 15) is 4.79 Å². The molecular weight excluding hydrogens is 326 g/mol. The highest BCUT2D eigenvalue weighted by Gasteiger charge is 2.31. The molecule has 0 aromatic carbocycles. The van der Waals surface area contributed by atoms with Crippen LogP contribution in [0.25, 0.3) is 0 Å². The Morgan fingerprint density at radius 2 is 2.12 bits per heavy atom. The van der Waals surface area contributed by atoms with E-state index in [4.69, 9.17) is 13.8 Å². The summed E-state index contributed by atoms with van der Waals surface area (Å²) < 4.78 is 15.6. The second-order valence-electron chi connectivity index (χ2n) is 6.49. The normalized spacial score (nSPS) is 21.8. The van der Waals surface area contributed by atoms with Crippen LogP contribution in [0.5, 0.6) is 0 Å². The number of aromatic nitrogens is 4. The first-order valence-electron chi connectivity index (χ1n) is 8.77. The molecule has 1 aliphatic carbocycles.